The highest BCUT2D eigenvalue weighted by atomic mass is 16.5. The molecule has 0 spiro atoms. The summed E-state index contributed by atoms with van der Waals surface area (Å²) in [5.74, 6) is 0. The number of aliphatic hydroxyl groups is 1. The minimum atomic E-state index is 0.116. The number of hydrogen-bond acceptors (Lipinski definition) is 2. The van der Waals surface area contributed by atoms with Crippen molar-refractivity contribution in [2.75, 3.05) is 13.2 Å². The largest absolute Gasteiger partial charge is 0.392 e. The topological polar surface area (TPSA) is 29.5 Å². The molecule has 0 aliphatic carbocycles. The van der Waals surface area contributed by atoms with Crippen molar-refractivity contribution in [3.63, 3.8) is 0 Å². The highest BCUT2D eigenvalue weighted by Crippen LogP contribution is 2.32. The van der Waals surface area contributed by atoms with Gasteiger partial charge >= 0.3 is 0 Å². The fourth-order valence-corrected chi connectivity index (χ4v) is 1.94. The number of hydrogen-bond donors (Lipinski definition) is 1. The average Bonchev–Trinajstić information content (AvgIpc) is 2.67. The van der Waals surface area contributed by atoms with Crippen LogP contribution in [0, 0.1) is 0 Å². The van der Waals surface area contributed by atoms with E-state index >= 15 is 0 Å². The Morgan fingerprint density at radius 3 is 3.00 bits per heavy atom. The van der Waals surface area contributed by atoms with Crippen molar-refractivity contribution in [1.29, 1.82) is 0 Å². The lowest BCUT2D eigenvalue weighted by atomic mass is 9.81. The Labute approximate surface area is 84.5 Å². The van der Waals surface area contributed by atoms with Crippen LogP contribution in [0.2, 0.25) is 0 Å². The maximum atomic E-state index is 9.06. The van der Waals surface area contributed by atoms with Crippen molar-refractivity contribution in [3.05, 3.63) is 35.4 Å². The number of ether oxygens (including phenoxy) is 1. The Hall–Kier alpha value is -0.860. The summed E-state index contributed by atoms with van der Waals surface area (Å²) in [7, 11) is 0. The summed E-state index contributed by atoms with van der Waals surface area (Å²) in [4.78, 5) is 0. The van der Waals surface area contributed by atoms with Crippen LogP contribution in [0.4, 0.5) is 0 Å². The van der Waals surface area contributed by atoms with Gasteiger partial charge in [-0.15, -0.1) is 0 Å². The van der Waals surface area contributed by atoms with Crippen LogP contribution >= 0.6 is 0 Å². The van der Waals surface area contributed by atoms with Crippen molar-refractivity contribution >= 4 is 0 Å². The quantitative estimate of drug-likeness (QED) is 0.775. The normalized spacial score (nSPS) is 26.7. The molecule has 2 rings (SSSR count). The Morgan fingerprint density at radius 2 is 2.36 bits per heavy atom. The number of rotatable bonds is 2. The van der Waals surface area contributed by atoms with Gasteiger partial charge in [-0.1, -0.05) is 31.2 Å². The Bertz CT molecular complexity index is 314. The lowest BCUT2D eigenvalue weighted by Gasteiger charge is -2.22. The number of benzene rings is 1. The molecule has 1 aromatic carbocycles. The van der Waals surface area contributed by atoms with E-state index in [2.05, 4.69) is 19.1 Å². The molecule has 1 aliphatic heterocycles. The molecule has 14 heavy (non-hydrogen) atoms. The zero-order valence-corrected chi connectivity index (χ0v) is 8.49. The van der Waals surface area contributed by atoms with E-state index in [1.54, 1.807) is 0 Å². The third-order valence-electron chi connectivity index (χ3n) is 3.03. The molecule has 2 nitrogen and oxygen atoms in total. The van der Waals surface area contributed by atoms with Crippen LogP contribution in [-0.4, -0.2) is 18.3 Å². The van der Waals surface area contributed by atoms with E-state index < -0.39 is 0 Å². The zero-order valence-electron chi connectivity index (χ0n) is 8.49. The van der Waals surface area contributed by atoms with Gasteiger partial charge in [-0.25, -0.2) is 0 Å². The predicted molar refractivity (Wildman–Crippen MR) is 55.2 cm³/mol. The van der Waals surface area contributed by atoms with E-state index in [9.17, 15) is 0 Å². The summed E-state index contributed by atoms with van der Waals surface area (Å²) in [6, 6.07) is 8.15. The van der Waals surface area contributed by atoms with Crippen molar-refractivity contribution in [2.24, 2.45) is 0 Å². The van der Waals surface area contributed by atoms with Gasteiger partial charge in [0.15, 0.2) is 0 Å². The second-order valence-electron chi connectivity index (χ2n) is 4.22. The van der Waals surface area contributed by atoms with E-state index in [4.69, 9.17) is 9.84 Å². The maximum absolute atomic E-state index is 9.06. The first kappa shape index (κ1) is 9.69. The van der Waals surface area contributed by atoms with Crippen LogP contribution in [0.15, 0.2) is 24.3 Å². The van der Waals surface area contributed by atoms with Gasteiger partial charge in [0.2, 0.25) is 0 Å². The van der Waals surface area contributed by atoms with Crippen molar-refractivity contribution in [3.8, 4) is 0 Å². The molecular formula is C12H16O2. The maximum Gasteiger partial charge on any atom is 0.0681 e. The fourth-order valence-electron chi connectivity index (χ4n) is 1.94. The number of aliphatic hydroxyl groups excluding tert-OH is 1. The van der Waals surface area contributed by atoms with Gasteiger partial charge in [0, 0.05) is 12.0 Å². The van der Waals surface area contributed by atoms with Crippen LogP contribution in [0.1, 0.15) is 24.5 Å². The molecular weight excluding hydrogens is 176 g/mol. The predicted octanol–water partition coefficient (Wildman–Crippen LogP) is 1.86. The molecule has 1 atom stereocenters. The summed E-state index contributed by atoms with van der Waals surface area (Å²) in [5.41, 5.74) is 2.41. The molecule has 76 valence electrons. The molecule has 2 heteroatoms. The first-order chi connectivity index (χ1) is 6.74. The van der Waals surface area contributed by atoms with Gasteiger partial charge in [0.25, 0.3) is 0 Å². The van der Waals surface area contributed by atoms with Gasteiger partial charge in [0.1, 0.15) is 0 Å². The molecule has 0 radical (unpaired) electrons. The summed E-state index contributed by atoms with van der Waals surface area (Å²) < 4.78 is 5.43. The van der Waals surface area contributed by atoms with Gasteiger partial charge in [-0.3, -0.25) is 0 Å². The molecule has 1 fully saturated rings. The Balaban J connectivity index is 2.30. The second-order valence-corrected chi connectivity index (χ2v) is 4.22. The third kappa shape index (κ3) is 1.68. The lowest BCUT2D eigenvalue weighted by molar-refractivity contribution is 0.180. The minimum absolute atomic E-state index is 0.116. The molecule has 1 aliphatic rings. The Morgan fingerprint density at radius 1 is 1.50 bits per heavy atom. The Kier molecular flexibility index (Phi) is 2.57. The molecule has 0 bridgehead atoms. The fraction of sp³-hybridized carbons (Fsp3) is 0.500. The highest BCUT2D eigenvalue weighted by Gasteiger charge is 2.31. The molecule has 1 N–H and O–H groups in total. The van der Waals surface area contributed by atoms with Gasteiger partial charge in [-0.05, 0) is 17.5 Å². The molecule has 0 aromatic heterocycles. The van der Waals surface area contributed by atoms with Crippen LogP contribution in [-0.2, 0) is 16.8 Å². The van der Waals surface area contributed by atoms with Crippen LogP contribution in [0.25, 0.3) is 0 Å². The minimum Gasteiger partial charge on any atom is -0.392 e. The molecule has 0 saturated carbocycles. The van der Waals surface area contributed by atoms with Crippen molar-refractivity contribution in [2.45, 2.75) is 25.4 Å². The smallest absolute Gasteiger partial charge is 0.0681 e. The van der Waals surface area contributed by atoms with Gasteiger partial charge < -0.3 is 9.84 Å². The average molecular weight is 192 g/mol. The SMILES string of the molecule is CC1(c2cccc(CO)c2)CCOC1. The highest BCUT2D eigenvalue weighted by molar-refractivity contribution is 5.30. The van der Waals surface area contributed by atoms with Gasteiger partial charge in [0.05, 0.1) is 13.2 Å². The molecule has 1 unspecified atom stereocenters. The standard InChI is InChI=1S/C12H16O2/c1-12(5-6-14-9-12)11-4-2-3-10(7-11)8-13/h2-4,7,13H,5-6,8-9H2,1H3. The van der Waals surface area contributed by atoms with Crippen molar-refractivity contribution in [1.82, 2.24) is 0 Å². The summed E-state index contributed by atoms with van der Waals surface area (Å²) in [6.07, 6.45) is 1.07. The molecule has 0 amide bonds. The van der Waals surface area contributed by atoms with Crippen molar-refractivity contribution < 1.29 is 9.84 Å². The molecule has 1 saturated heterocycles. The van der Waals surface area contributed by atoms with E-state index in [0.29, 0.717) is 0 Å². The second kappa shape index (κ2) is 3.71. The monoisotopic (exact) mass is 192 g/mol. The molecule has 1 heterocycles. The summed E-state index contributed by atoms with van der Waals surface area (Å²) >= 11 is 0. The van der Waals surface area contributed by atoms with Gasteiger partial charge in [-0.2, -0.15) is 0 Å². The van der Waals surface area contributed by atoms with Crippen LogP contribution in [0.5, 0.6) is 0 Å². The molecule has 1 aromatic rings. The lowest BCUT2D eigenvalue weighted by Crippen LogP contribution is -2.21. The van der Waals surface area contributed by atoms with E-state index in [0.717, 1.165) is 25.2 Å². The zero-order chi connectivity index (χ0) is 10.0. The third-order valence-corrected chi connectivity index (χ3v) is 3.03. The van der Waals surface area contributed by atoms with E-state index in [-0.39, 0.29) is 12.0 Å². The summed E-state index contributed by atoms with van der Waals surface area (Å²) in [5, 5.41) is 9.06. The first-order valence-electron chi connectivity index (χ1n) is 5.03. The van der Waals surface area contributed by atoms with E-state index in [1.807, 2.05) is 12.1 Å². The first-order valence-corrected chi connectivity index (χ1v) is 5.03. The summed E-state index contributed by atoms with van der Waals surface area (Å²) in [6.45, 7) is 3.98. The van der Waals surface area contributed by atoms with Crippen LogP contribution in [0.3, 0.4) is 0 Å². The van der Waals surface area contributed by atoms with Crippen LogP contribution < -0.4 is 0 Å². The van der Waals surface area contributed by atoms with E-state index in [1.165, 1.54) is 5.56 Å².